The van der Waals surface area contributed by atoms with Crippen LogP contribution in [0.4, 0.5) is 0 Å². The first-order valence-corrected chi connectivity index (χ1v) is 5.83. The Balaban J connectivity index is 2.16. The molecule has 1 heterocycles. The predicted molar refractivity (Wildman–Crippen MR) is 70.3 cm³/mol. The summed E-state index contributed by atoms with van der Waals surface area (Å²) in [6.07, 6.45) is 3.40. The summed E-state index contributed by atoms with van der Waals surface area (Å²) in [7, 11) is 1.54. The van der Waals surface area contributed by atoms with Crippen LogP contribution in [0.1, 0.15) is 15.9 Å². The SMILES string of the molecule is COc1cncc(C(=O)Cc2cccc(Cl)c2)c1. The minimum absolute atomic E-state index is 0.0105. The molecule has 3 nitrogen and oxygen atoms in total. The molecule has 0 spiro atoms. The maximum absolute atomic E-state index is 12.1. The Morgan fingerprint density at radius 3 is 2.89 bits per heavy atom. The van der Waals surface area contributed by atoms with E-state index in [0.29, 0.717) is 22.8 Å². The molecule has 18 heavy (non-hydrogen) atoms. The van der Waals surface area contributed by atoms with E-state index in [9.17, 15) is 4.79 Å². The number of hydrogen-bond acceptors (Lipinski definition) is 3. The smallest absolute Gasteiger partial charge is 0.168 e. The lowest BCUT2D eigenvalue weighted by molar-refractivity contribution is 0.0992. The van der Waals surface area contributed by atoms with Gasteiger partial charge in [-0.25, -0.2) is 0 Å². The van der Waals surface area contributed by atoms with Crippen LogP contribution in [-0.4, -0.2) is 17.9 Å². The second kappa shape index (κ2) is 5.65. The average Bonchev–Trinajstić information content (AvgIpc) is 2.39. The Morgan fingerprint density at radius 2 is 2.17 bits per heavy atom. The zero-order valence-electron chi connectivity index (χ0n) is 9.89. The maximum atomic E-state index is 12.1. The molecule has 0 radical (unpaired) electrons. The van der Waals surface area contributed by atoms with E-state index in [0.717, 1.165) is 5.56 Å². The van der Waals surface area contributed by atoms with Crippen LogP contribution in [0.3, 0.4) is 0 Å². The third-order valence-corrected chi connectivity index (χ3v) is 2.76. The summed E-state index contributed by atoms with van der Waals surface area (Å²) in [4.78, 5) is 16.0. The molecule has 0 bridgehead atoms. The van der Waals surface area contributed by atoms with Gasteiger partial charge in [-0.3, -0.25) is 9.78 Å². The molecular formula is C14H12ClNO2. The molecule has 1 aromatic heterocycles. The number of carbonyl (C=O) groups is 1. The largest absolute Gasteiger partial charge is 0.495 e. The van der Waals surface area contributed by atoms with Crippen molar-refractivity contribution >= 4 is 17.4 Å². The Hall–Kier alpha value is -1.87. The van der Waals surface area contributed by atoms with Crippen LogP contribution in [-0.2, 0) is 6.42 Å². The lowest BCUT2D eigenvalue weighted by Gasteiger charge is -2.04. The molecule has 0 fully saturated rings. The van der Waals surface area contributed by atoms with Gasteiger partial charge in [0.1, 0.15) is 5.75 Å². The highest BCUT2D eigenvalue weighted by molar-refractivity contribution is 6.30. The van der Waals surface area contributed by atoms with Gasteiger partial charge in [0.2, 0.25) is 0 Å². The van der Waals surface area contributed by atoms with Crippen LogP contribution in [0.5, 0.6) is 5.75 Å². The third kappa shape index (κ3) is 3.08. The highest BCUT2D eigenvalue weighted by Gasteiger charge is 2.08. The molecule has 92 valence electrons. The number of carbonyl (C=O) groups excluding carboxylic acids is 1. The van der Waals surface area contributed by atoms with Crippen LogP contribution in [0.25, 0.3) is 0 Å². The summed E-state index contributed by atoms with van der Waals surface area (Å²) < 4.78 is 5.04. The van der Waals surface area contributed by atoms with Gasteiger partial charge in [0.05, 0.1) is 13.3 Å². The summed E-state index contributed by atoms with van der Waals surface area (Å²) in [5.41, 5.74) is 1.42. The zero-order valence-corrected chi connectivity index (χ0v) is 10.6. The lowest BCUT2D eigenvalue weighted by atomic mass is 10.0. The molecule has 0 N–H and O–H groups in total. The lowest BCUT2D eigenvalue weighted by Crippen LogP contribution is -2.04. The average molecular weight is 262 g/mol. The first-order chi connectivity index (χ1) is 8.69. The fraction of sp³-hybridized carbons (Fsp3) is 0.143. The number of pyridine rings is 1. The number of rotatable bonds is 4. The molecule has 0 aliphatic heterocycles. The Labute approximate surface area is 110 Å². The summed E-state index contributed by atoms with van der Waals surface area (Å²) in [6.45, 7) is 0. The number of aromatic nitrogens is 1. The minimum atomic E-state index is -0.0105. The number of nitrogens with zero attached hydrogens (tertiary/aromatic N) is 1. The number of benzene rings is 1. The van der Waals surface area contributed by atoms with Gasteiger partial charge in [-0.2, -0.15) is 0 Å². The van der Waals surface area contributed by atoms with Crippen LogP contribution in [0, 0.1) is 0 Å². The number of halogens is 1. The van der Waals surface area contributed by atoms with Crippen molar-refractivity contribution in [3.05, 3.63) is 58.9 Å². The quantitative estimate of drug-likeness (QED) is 0.794. The molecule has 0 saturated carbocycles. The fourth-order valence-corrected chi connectivity index (χ4v) is 1.83. The van der Waals surface area contributed by atoms with Crippen molar-refractivity contribution in [1.29, 1.82) is 0 Å². The fourth-order valence-electron chi connectivity index (χ4n) is 1.62. The van der Waals surface area contributed by atoms with Gasteiger partial charge in [-0.05, 0) is 23.8 Å². The molecule has 0 aliphatic carbocycles. The van der Waals surface area contributed by atoms with Crippen molar-refractivity contribution in [3.63, 3.8) is 0 Å². The van der Waals surface area contributed by atoms with Gasteiger partial charge in [0, 0.05) is 23.2 Å². The molecule has 0 unspecified atom stereocenters. The number of ether oxygens (including phenoxy) is 1. The highest BCUT2D eigenvalue weighted by Crippen LogP contribution is 2.15. The molecular weight excluding hydrogens is 250 g/mol. The zero-order chi connectivity index (χ0) is 13.0. The number of hydrogen-bond donors (Lipinski definition) is 0. The summed E-state index contributed by atoms with van der Waals surface area (Å²) in [5, 5.41) is 0.629. The topological polar surface area (TPSA) is 39.2 Å². The van der Waals surface area contributed by atoms with E-state index in [1.807, 2.05) is 12.1 Å². The molecule has 2 aromatic rings. The van der Waals surface area contributed by atoms with Gasteiger partial charge >= 0.3 is 0 Å². The summed E-state index contributed by atoms with van der Waals surface area (Å²) in [5.74, 6) is 0.565. The molecule has 2 rings (SSSR count). The van der Waals surface area contributed by atoms with Crippen LogP contribution in [0.2, 0.25) is 5.02 Å². The second-order valence-electron chi connectivity index (χ2n) is 3.84. The molecule has 4 heteroatoms. The van der Waals surface area contributed by atoms with Crippen molar-refractivity contribution in [2.24, 2.45) is 0 Å². The molecule has 0 amide bonds. The van der Waals surface area contributed by atoms with E-state index < -0.39 is 0 Å². The van der Waals surface area contributed by atoms with Crippen molar-refractivity contribution < 1.29 is 9.53 Å². The number of methoxy groups -OCH3 is 1. The first-order valence-electron chi connectivity index (χ1n) is 5.46. The Bertz CT molecular complexity index is 569. The van der Waals surface area contributed by atoms with E-state index >= 15 is 0 Å². The van der Waals surface area contributed by atoms with Crippen molar-refractivity contribution in [1.82, 2.24) is 4.98 Å². The van der Waals surface area contributed by atoms with Gasteiger partial charge in [-0.15, -0.1) is 0 Å². The van der Waals surface area contributed by atoms with Crippen molar-refractivity contribution in [2.75, 3.05) is 7.11 Å². The number of ketones is 1. The van der Waals surface area contributed by atoms with Gasteiger partial charge in [0.25, 0.3) is 0 Å². The number of Topliss-reactive ketones (excluding diaryl/α,β-unsaturated/α-hetero) is 1. The van der Waals surface area contributed by atoms with E-state index in [1.165, 1.54) is 6.20 Å². The predicted octanol–water partition coefficient (Wildman–Crippen LogP) is 3.17. The minimum Gasteiger partial charge on any atom is -0.495 e. The molecule has 1 aromatic carbocycles. The maximum Gasteiger partial charge on any atom is 0.168 e. The molecule has 0 saturated heterocycles. The molecule has 0 aliphatic rings. The van der Waals surface area contributed by atoms with E-state index in [4.69, 9.17) is 16.3 Å². The second-order valence-corrected chi connectivity index (χ2v) is 4.28. The van der Waals surface area contributed by atoms with Crippen LogP contribution < -0.4 is 4.74 Å². The Morgan fingerprint density at radius 1 is 1.33 bits per heavy atom. The Kier molecular flexibility index (Phi) is 3.95. The van der Waals surface area contributed by atoms with Crippen molar-refractivity contribution in [3.8, 4) is 5.75 Å². The van der Waals surface area contributed by atoms with Crippen molar-refractivity contribution in [2.45, 2.75) is 6.42 Å². The molecule has 0 atom stereocenters. The van der Waals surface area contributed by atoms with E-state index in [2.05, 4.69) is 4.98 Å². The normalized spacial score (nSPS) is 10.1. The summed E-state index contributed by atoms with van der Waals surface area (Å²) >= 11 is 5.88. The third-order valence-electron chi connectivity index (χ3n) is 2.52. The van der Waals surface area contributed by atoms with Crippen LogP contribution >= 0.6 is 11.6 Å². The first kappa shape index (κ1) is 12.6. The van der Waals surface area contributed by atoms with Gasteiger partial charge < -0.3 is 4.74 Å². The standard InChI is InChI=1S/C14H12ClNO2/c1-18-13-7-11(8-16-9-13)14(17)6-10-3-2-4-12(15)5-10/h2-5,7-9H,6H2,1H3. The van der Waals surface area contributed by atoms with Gasteiger partial charge in [0.15, 0.2) is 5.78 Å². The monoisotopic (exact) mass is 261 g/mol. The highest BCUT2D eigenvalue weighted by atomic mass is 35.5. The van der Waals surface area contributed by atoms with Crippen LogP contribution in [0.15, 0.2) is 42.7 Å². The van der Waals surface area contributed by atoms with E-state index in [-0.39, 0.29) is 5.78 Å². The van der Waals surface area contributed by atoms with Gasteiger partial charge in [-0.1, -0.05) is 23.7 Å². The van der Waals surface area contributed by atoms with E-state index in [1.54, 1.807) is 31.5 Å². The summed E-state index contributed by atoms with van der Waals surface area (Å²) in [6, 6.07) is 8.95.